The number of rotatable bonds is 3. The molecule has 4 rings (SSSR count). The van der Waals surface area contributed by atoms with Crippen molar-refractivity contribution in [2.24, 2.45) is 0 Å². The summed E-state index contributed by atoms with van der Waals surface area (Å²) in [5, 5.41) is 0. The van der Waals surface area contributed by atoms with Crippen LogP contribution in [0.3, 0.4) is 0 Å². The summed E-state index contributed by atoms with van der Waals surface area (Å²) in [6.45, 7) is 1.99. The molecule has 1 aliphatic rings. The molecule has 4 heteroatoms. The molecule has 0 atom stereocenters. The van der Waals surface area contributed by atoms with Crippen LogP contribution in [-0.2, 0) is 4.79 Å². The van der Waals surface area contributed by atoms with E-state index >= 15 is 0 Å². The van der Waals surface area contributed by atoms with Gasteiger partial charge < -0.3 is 0 Å². The Bertz CT molecular complexity index is 1040. The highest BCUT2D eigenvalue weighted by Crippen LogP contribution is 2.37. The van der Waals surface area contributed by atoms with Gasteiger partial charge in [-0.05, 0) is 41.3 Å². The highest BCUT2D eigenvalue weighted by molar-refractivity contribution is 8.27. The summed E-state index contributed by atoms with van der Waals surface area (Å²) in [6.07, 6.45) is 1.91. The van der Waals surface area contributed by atoms with Gasteiger partial charge in [-0.15, -0.1) is 0 Å². The number of carbonyl (C=O) groups excluding carboxylic acids is 1. The lowest BCUT2D eigenvalue weighted by molar-refractivity contribution is -0.113. The number of benzene rings is 3. The monoisotopic (exact) mass is 387 g/mol. The van der Waals surface area contributed by atoms with Gasteiger partial charge in [0.15, 0.2) is 4.32 Å². The molecular weight excluding hydrogens is 370 g/mol. The third-order valence-electron chi connectivity index (χ3n) is 4.47. The first-order valence-corrected chi connectivity index (χ1v) is 9.85. The molecular formula is C23H17NOS2. The summed E-state index contributed by atoms with van der Waals surface area (Å²) in [5.41, 5.74) is 5.19. The highest BCUT2D eigenvalue weighted by Gasteiger charge is 2.33. The van der Waals surface area contributed by atoms with Crippen LogP contribution in [0.1, 0.15) is 11.1 Å². The van der Waals surface area contributed by atoms with Crippen LogP contribution in [0.25, 0.3) is 17.2 Å². The summed E-state index contributed by atoms with van der Waals surface area (Å²) >= 11 is 6.81. The Morgan fingerprint density at radius 2 is 1.48 bits per heavy atom. The van der Waals surface area contributed by atoms with Gasteiger partial charge in [0.2, 0.25) is 0 Å². The van der Waals surface area contributed by atoms with E-state index in [2.05, 4.69) is 24.3 Å². The molecule has 0 aromatic heterocycles. The zero-order chi connectivity index (χ0) is 18.8. The van der Waals surface area contributed by atoms with Gasteiger partial charge in [-0.3, -0.25) is 9.69 Å². The van der Waals surface area contributed by atoms with Gasteiger partial charge in [-0.2, -0.15) is 0 Å². The molecule has 0 unspecified atom stereocenters. The Balaban J connectivity index is 1.61. The fourth-order valence-electron chi connectivity index (χ4n) is 3.04. The molecule has 1 fully saturated rings. The lowest BCUT2D eigenvalue weighted by atomic mass is 10.0. The van der Waals surface area contributed by atoms with E-state index in [4.69, 9.17) is 12.2 Å². The van der Waals surface area contributed by atoms with Crippen molar-refractivity contribution in [1.82, 2.24) is 0 Å². The number of para-hydroxylation sites is 1. The van der Waals surface area contributed by atoms with Crippen molar-refractivity contribution in [3.63, 3.8) is 0 Å². The molecule has 1 amide bonds. The van der Waals surface area contributed by atoms with Crippen LogP contribution in [0, 0.1) is 6.92 Å². The zero-order valence-electron chi connectivity index (χ0n) is 14.8. The third-order valence-corrected chi connectivity index (χ3v) is 5.77. The number of hydrogen-bond acceptors (Lipinski definition) is 3. The number of thiocarbonyl (C=S) groups is 1. The molecule has 0 bridgehead atoms. The molecule has 0 spiro atoms. The fraction of sp³-hybridized carbons (Fsp3) is 0.0435. The van der Waals surface area contributed by atoms with E-state index in [1.54, 1.807) is 4.90 Å². The van der Waals surface area contributed by atoms with Crippen LogP contribution < -0.4 is 4.90 Å². The van der Waals surface area contributed by atoms with Crippen molar-refractivity contribution in [3.05, 3.63) is 94.9 Å². The van der Waals surface area contributed by atoms with Crippen LogP contribution in [0.2, 0.25) is 0 Å². The lowest BCUT2D eigenvalue weighted by Crippen LogP contribution is -2.28. The second-order valence-electron chi connectivity index (χ2n) is 6.29. The Hall–Kier alpha value is -2.69. The standard InChI is InChI=1S/C23H17NOS2/c1-16-7-5-6-10-20(16)24-22(25)21(27-23(24)26)15-17-11-13-19(14-12-17)18-8-3-2-4-9-18/h2-15H,1H3/b21-15+. The number of hydrogen-bond donors (Lipinski definition) is 0. The van der Waals surface area contributed by atoms with Crippen LogP contribution in [0.15, 0.2) is 83.8 Å². The number of aryl methyl sites for hydroxylation is 1. The molecule has 0 N–H and O–H groups in total. The van der Waals surface area contributed by atoms with Crippen LogP contribution >= 0.6 is 24.0 Å². The maximum absolute atomic E-state index is 12.9. The molecule has 0 saturated carbocycles. The van der Waals surface area contributed by atoms with Crippen LogP contribution in [0.4, 0.5) is 5.69 Å². The first-order chi connectivity index (χ1) is 13.1. The molecule has 0 radical (unpaired) electrons. The average Bonchev–Trinajstić information content (AvgIpc) is 2.97. The van der Waals surface area contributed by atoms with E-state index in [0.717, 1.165) is 22.4 Å². The Morgan fingerprint density at radius 1 is 0.852 bits per heavy atom. The van der Waals surface area contributed by atoms with Crippen molar-refractivity contribution >= 4 is 46.0 Å². The third kappa shape index (κ3) is 3.59. The summed E-state index contributed by atoms with van der Waals surface area (Å²) in [6, 6.07) is 26.2. The number of anilines is 1. The normalized spacial score (nSPS) is 15.6. The van der Waals surface area contributed by atoms with Crippen LogP contribution in [0.5, 0.6) is 0 Å². The number of nitrogens with zero attached hydrogens (tertiary/aromatic N) is 1. The van der Waals surface area contributed by atoms with Crippen molar-refractivity contribution in [3.8, 4) is 11.1 Å². The summed E-state index contributed by atoms with van der Waals surface area (Å²) in [4.78, 5) is 15.2. The summed E-state index contributed by atoms with van der Waals surface area (Å²) in [5.74, 6) is -0.0635. The van der Waals surface area contributed by atoms with Gasteiger partial charge in [0.05, 0.1) is 10.6 Å². The summed E-state index contributed by atoms with van der Waals surface area (Å²) < 4.78 is 0.571. The minimum atomic E-state index is -0.0635. The number of carbonyl (C=O) groups is 1. The average molecular weight is 388 g/mol. The molecule has 0 aliphatic carbocycles. The maximum atomic E-state index is 12.9. The van der Waals surface area contributed by atoms with E-state index in [1.165, 1.54) is 17.3 Å². The van der Waals surface area contributed by atoms with Gasteiger partial charge in [-0.1, -0.05) is 96.8 Å². The van der Waals surface area contributed by atoms with Gasteiger partial charge in [0.25, 0.3) is 5.91 Å². The van der Waals surface area contributed by atoms with E-state index in [1.807, 2.05) is 67.6 Å². The molecule has 3 aromatic carbocycles. The largest absolute Gasteiger partial charge is 0.270 e. The topological polar surface area (TPSA) is 20.3 Å². The summed E-state index contributed by atoms with van der Waals surface area (Å²) in [7, 11) is 0. The predicted molar refractivity (Wildman–Crippen MR) is 119 cm³/mol. The zero-order valence-corrected chi connectivity index (χ0v) is 16.4. The van der Waals surface area contributed by atoms with Crippen LogP contribution in [-0.4, -0.2) is 10.2 Å². The highest BCUT2D eigenvalue weighted by atomic mass is 32.2. The van der Waals surface area contributed by atoms with E-state index in [-0.39, 0.29) is 5.91 Å². The fourth-order valence-corrected chi connectivity index (χ4v) is 4.33. The van der Waals surface area contributed by atoms with Crippen molar-refractivity contribution < 1.29 is 4.79 Å². The molecule has 1 saturated heterocycles. The van der Waals surface area contributed by atoms with E-state index in [0.29, 0.717) is 9.23 Å². The second kappa shape index (κ2) is 7.51. The van der Waals surface area contributed by atoms with Gasteiger partial charge >= 0.3 is 0 Å². The molecule has 2 nitrogen and oxygen atoms in total. The van der Waals surface area contributed by atoms with E-state index in [9.17, 15) is 4.79 Å². The maximum Gasteiger partial charge on any atom is 0.270 e. The quantitative estimate of drug-likeness (QED) is 0.402. The minimum Gasteiger partial charge on any atom is -0.268 e. The first-order valence-electron chi connectivity index (χ1n) is 8.62. The Morgan fingerprint density at radius 3 is 2.19 bits per heavy atom. The first kappa shape index (κ1) is 17.7. The Kier molecular flexibility index (Phi) is 4.92. The minimum absolute atomic E-state index is 0.0635. The second-order valence-corrected chi connectivity index (χ2v) is 7.97. The predicted octanol–water partition coefficient (Wildman–Crippen LogP) is 6.07. The smallest absolute Gasteiger partial charge is 0.268 e. The van der Waals surface area contributed by atoms with E-state index < -0.39 is 0 Å². The van der Waals surface area contributed by atoms with Crippen molar-refractivity contribution in [1.29, 1.82) is 0 Å². The SMILES string of the molecule is Cc1ccccc1N1C(=O)/C(=C\c2ccc(-c3ccccc3)cc2)SC1=S. The number of thioether (sulfide) groups is 1. The van der Waals surface area contributed by atoms with Gasteiger partial charge in [-0.25, -0.2) is 0 Å². The Labute approximate surface area is 168 Å². The van der Waals surface area contributed by atoms with Gasteiger partial charge in [0, 0.05) is 0 Å². The molecule has 27 heavy (non-hydrogen) atoms. The lowest BCUT2D eigenvalue weighted by Gasteiger charge is -2.16. The molecule has 1 heterocycles. The number of amides is 1. The van der Waals surface area contributed by atoms with Gasteiger partial charge in [0.1, 0.15) is 0 Å². The van der Waals surface area contributed by atoms with Crippen molar-refractivity contribution in [2.75, 3.05) is 4.90 Å². The van der Waals surface area contributed by atoms with Crippen molar-refractivity contribution in [2.45, 2.75) is 6.92 Å². The molecule has 132 valence electrons. The molecule has 1 aliphatic heterocycles. The molecule has 3 aromatic rings.